The van der Waals surface area contributed by atoms with Gasteiger partial charge in [0.2, 0.25) is 0 Å². The molecule has 0 saturated carbocycles. The third-order valence-corrected chi connectivity index (χ3v) is 4.05. The molecule has 6 heteroatoms. The van der Waals surface area contributed by atoms with Gasteiger partial charge < -0.3 is 15.5 Å². The fraction of sp³-hybridized carbons (Fsp3) is 0.333. The molecule has 0 amide bonds. The van der Waals surface area contributed by atoms with Crippen LogP contribution in [0.15, 0.2) is 53.7 Å². The van der Waals surface area contributed by atoms with Crippen molar-refractivity contribution >= 4 is 24.6 Å². The van der Waals surface area contributed by atoms with E-state index in [1.807, 2.05) is 50.2 Å². The van der Waals surface area contributed by atoms with Gasteiger partial charge in [-0.05, 0) is 39.8 Å². The summed E-state index contributed by atoms with van der Waals surface area (Å²) in [6.07, 6.45) is 1.67. The Morgan fingerprint density at radius 1 is 1.12 bits per heavy atom. The Labute approximate surface area is 143 Å². The van der Waals surface area contributed by atoms with Crippen molar-refractivity contribution in [1.29, 1.82) is 0 Å². The van der Waals surface area contributed by atoms with Crippen LogP contribution in [0.1, 0.15) is 33.3 Å². The van der Waals surface area contributed by atoms with Gasteiger partial charge >= 0.3 is 7.48 Å². The monoisotopic (exact) mass is 324 g/mol. The van der Waals surface area contributed by atoms with Crippen molar-refractivity contribution in [2.75, 3.05) is 0 Å². The summed E-state index contributed by atoms with van der Waals surface area (Å²) in [5.41, 5.74) is 6.04. The zero-order valence-electron chi connectivity index (χ0n) is 14.5. The molecule has 1 aromatic heterocycles. The van der Waals surface area contributed by atoms with Crippen molar-refractivity contribution in [3.05, 3.63) is 54.2 Å². The summed E-state index contributed by atoms with van der Waals surface area (Å²) >= 11 is 0. The lowest BCUT2D eigenvalue weighted by atomic mass is 9.82. The first-order valence-electron chi connectivity index (χ1n) is 7.78. The van der Waals surface area contributed by atoms with Gasteiger partial charge in [-0.1, -0.05) is 35.8 Å². The van der Waals surface area contributed by atoms with Crippen LogP contribution in [0, 0.1) is 0 Å². The largest absolute Gasteiger partial charge is 0.427 e. The molecule has 1 aromatic carbocycles. The summed E-state index contributed by atoms with van der Waals surface area (Å²) in [7, 11) is 1.63. The van der Waals surface area contributed by atoms with Gasteiger partial charge in [-0.25, -0.2) is 9.98 Å². The van der Waals surface area contributed by atoms with Crippen molar-refractivity contribution in [2.45, 2.75) is 38.9 Å². The summed E-state index contributed by atoms with van der Waals surface area (Å²) < 4.78 is 5.73. The molecule has 0 fully saturated rings. The van der Waals surface area contributed by atoms with Crippen LogP contribution in [-0.4, -0.2) is 34.6 Å². The van der Waals surface area contributed by atoms with Gasteiger partial charge in [0, 0.05) is 11.8 Å². The van der Waals surface area contributed by atoms with Crippen LogP contribution in [0.2, 0.25) is 0 Å². The van der Waals surface area contributed by atoms with E-state index in [-0.39, 0.29) is 0 Å². The van der Waals surface area contributed by atoms with E-state index in [1.165, 1.54) is 0 Å². The molecule has 1 heterocycles. The maximum Gasteiger partial charge on any atom is 0.330 e. The van der Waals surface area contributed by atoms with Gasteiger partial charge in [0.1, 0.15) is 5.84 Å². The van der Waals surface area contributed by atoms with Gasteiger partial charge in [-0.15, -0.1) is 0 Å². The third kappa shape index (κ3) is 4.66. The number of aliphatic imine (C=N–C) groups is 1. The zero-order valence-corrected chi connectivity index (χ0v) is 14.5. The second-order valence-electron chi connectivity index (χ2n) is 6.61. The molecule has 0 atom stereocenters. The molecule has 24 heavy (non-hydrogen) atoms. The Morgan fingerprint density at radius 2 is 1.79 bits per heavy atom. The summed E-state index contributed by atoms with van der Waals surface area (Å²) in [6.45, 7) is 7.13. The van der Waals surface area contributed by atoms with Crippen molar-refractivity contribution in [3.8, 4) is 0 Å². The molecule has 0 saturated heterocycles. The number of pyridine rings is 1. The second-order valence-corrected chi connectivity index (χ2v) is 6.61. The first-order chi connectivity index (χ1) is 11.2. The number of benzene rings is 1. The number of nitrogens with zero attached hydrogens (tertiary/aromatic N) is 2. The van der Waals surface area contributed by atoms with Gasteiger partial charge in [0.15, 0.2) is 5.82 Å². The highest BCUT2D eigenvalue weighted by Crippen LogP contribution is 2.24. The fourth-order valence-corrected chi connectivity index (χ4v) is 1.70. The molecule has 0 unspecified atom stereocenters. The molecule has 3 N–H and O–H groups in total. The minimum Gasteiger partial charge on any atom is -0.427 e. The normalized spacial score (nSPS) is 13.0. The standard InChI is InChI=1S/C18H23BN3O2/c1-17(2,23)18(3,4)24-19-14-10-8-13(9-11-14)16(20)22-15-7-5-6-12-21-15/h5-12,23H,1-4H3,(H2,20,21,22). The molecule has 0 aliphatic heterocycles. The SMILES string of the molecule is CC(C)(O)C(C)(C)O[B]c1ccc(C(N)=Nc2ccccn2)cc1. The molecule has 125 valence electrons. The lowest BCUT2D eigenvalue weighted by molar-refractivity contribution is -0.0893. The lowest BCUT2D eigenvalue weighted by Gasteiger charge is -2.37. The van der Waals surface area contributed by atoms with Crippen LogP contribution in [0.5, 0.6) is 0 Å². The summed E-state index contributed by atoms with van der Waals surface area (Å²) in [4.78, 5) is 8.41. The second kappa shape index (κ2) is 7.15. The number of aromatic nitrogens is 1. The highest BCUT2D eigenvalue weighted by Gasteiger charge is 2.35. The van der Waals surface area contributed by atoms with Crippen LogP contribution in [0.25, 0.3) is 0 Å². The van der Waals surface area contributed by atoms with Crippen LogP contribution in [0.4, 0.5) is 5.82 Å². The summed E-state index contributed by atoms with van der Waals surface area (Å²) in [6, 6.07) is 13.0. The van der Waals surface area contributed by atoms with Gasteiger partial charge in [-0.2, -0.15) is 0 Å². The molecule has 2 aromatic rings. The molecule has 0 bridgehead atoms. The minimum atomic E-state index is -0.955. The topological polar surface area (TPSA) is 80.7 Å². The quantitative estimate of drug-likeness (QED) is 0.483. The van der Waals surface area contributed by atoms with Gasteiger partial charge in [-0.3, -0.25) is 0 Å². The average Bonchev–Trinajstić information content (AvgIpc) is 2.53. The predicted octanol–water partition coefficient (Wildman–Crippen LogP) is 1.93. The highest BCUT2D eigenvalue weighted by molar-refractivity contribution is 6.47. The van der Waals surface area contributed by atoms with Crippen LogP contribution in [0.3, 0.4) is 0 Å². The average molecular weight is 324 g/mol. The van der Waals surface area contributed by atoms with E-state index in [2.05, 4.69) is 9.98 Å². The Balaban J connectivity index is 2.04. The predicted molar refractivity (Wildman–Crippen MR) is 97.9 cm³/mol. The van der Waals surface area contributed by atoms with Gasteiger partial charge in [0.05, 0.1) is 11.2 Å². The van der Waals surface area contributed by atoms with E-state index < -0.39 is 11.2 Å². The molecule has 5 nitrogen and oxygen atoms in total. The van der Waals surface area contributed by atoms with Crippen LogP contribution < -0.4 is 11.2 Å². The van der Waals surface area contributed by atoms with Crippen molar-refractivity contribution in [1.82, 2.24) is 4.98 Å². The molecule has 0 aliphatic carbocycles. The van der Waals surface area contributed by atoms with E-state index in [1.54, 1.807) is 33.6 Å². The summed E-state index contributed by atoms with van der Waals surface area (Å²) in [5, 5.41) is 10.1. The highest BCUT2D eigenvalue weighted by atomic mass is 16.5. The van der Waals surface area contributed by atoms with Crippen molar-refractivity contribution < 1.29 is 9.76 Å². The Hall–Kier alpha value is -2.18. The first kappa shape index (κ1) is 18.2. The smallest absolute Gasteiger partial charge is 0.330 e. The lowest BCUT2D eigenvalue weighted by Crippen LogP contribution is -2.49. The molecular formula is C18H23BN3O2. The van der Waals surface area contributed by atoms with E-state index >= 15 is 0 Å². The molecular weight excluding hydrogens is 301 g/mol. The van der Waals surface area contributed by atoms with E-state index in [4.69, 9.17) is 10.4 Å². The van der Waals surface area contributed by atoms with Crippen molar-refractivity contribution in [3.63, 3.8) is 0 Å². The number of aliphatic hydroxyl groups is 1. The number of hydrogen-bond acceptors (Lipinski definition) is 4. The Morgan fingerprint density at radius 3 is 2.33 bits per heavy atom. The maximum atomic E-state index is 10.1. The third-order valence-electron chi connectivity index (χ3n) is 4.05. The first-order valence-corrected chi connectivity index (χ1v) is 7.78. The minimum absolute atomic E-state index is 0.401. The summed E-state index contributed by atoms with van der Waals surface area (Å²) in [5.74, 6) is 0.971. The molecule has 0 aliphatic rings. The number of amidine groups is 1. The van der Waals surface area contributed by atoms with E-state index in [0.717, 1.165) is 11.0 Å². The number of hydrogen-bond donors (Lipinski definition) is 2. The van der Waals surface area contributed by atoms with Crippen LogP contribution >= 0.6 is 0 Å². The fourth-order valence-electron chi connectivity index (χ4n) is 1.70. The van der Waals surface area contributed by atoms with E-state index in [0.29, 0.717) is 11.7 Å². The van der Waals surface area contributed by atoms with Crippen LogP contribution in [-0.2, 0) is 4.65 Å². The van der Waals surface area contributed by atoms with Gasteiger partial charge in [0.25, 0.3) is 0 Å². The molecule has 2 rings (SSSR count). The number of rotatable bonds is 6. The zero-order chi connectivity index (χ0) is 17.8. The maximum absolute atomic E-state index is 10.1. The van der Waals surface area contributed by atoms with Crippen molar-refractivity contribution in [2.24, 2.45) is 10.7 Å². The Bertz CT molecular complexity index is 692. The molecule has 0 spiro atoms. The molecule has 1 radical (unpaired) electrons. The Kier molecular flexibility index (Phi) is 5.42. The number of nitrogens with two attached hydrogens (primary N) is 1. The van der Waals surface area contributed by atoms with E-state index in [9.17, 15) is 5.11 Å².